The molecule has 0 aromatic heterocycles. The van der Waals surface area contributed by atoms with E-state index in [-0.39, 0.29) is 0 Å². The molecule has 0 N–H and O–H groups in total. The Morgan fingerprint density at radius 3 is 2.12 bits per heavy atom. The number of benzene rings is 2. The molecule has 17 heavy (non-hydrogen) atoms. The predicted molar refractivity (Wildman–Crippen MR) is 75.4 cm³/mol. The summed E-state index contributed by atoms with van der Waals surface area (Å²) >= 11 is 15.3. The van der Waals surface area contributed by atoms with E-state index in [4.69, 9.17) is 27.9 Å². The first-order chi connectivity index (χ1) is 8.06. The summed E-state index contributed by atoms with van der Waals surface area (Å²) in [7, 11) is 0. The highest BCUT2D eigenvalue weighted by atomic mass is 79.9. The fraction of sp³-hybridized carbons (Fsp3) is 0.0769. The molecule has 2 rings (SSSR count). The number of hydrogen-bond acceptors (Lipinski definition) is 1. The summed E-state index contributed by atoms with van der Waals surface area (Å²) in [4.78, 5) is 0. The highest BCUT2D eigenvalue weighted by molar-refractivity contribution is 9.10. The second kappa shape index (κ2) is 5.30. The van der Waals surface area contributed by atoms with Crippen LogP contribution in [0.3, 0.4) is 0 Å². The number of rotatable bonds is 2. The molecule has 0 saturated heterocycles. The summed E-state index contributed by atoms with van der Waals surface area (Å²) in [6, 6.07) is 11.0. The van der Waals surface area contributed by atoms with Crippen molar-refractivity contribution in [3.8, 4) is 11.5 Å². The maximum atomic E-state index is 6.02. The molecule has 88 valence electrons. The molecule has 2 aromatic rings. The van der Waals surface area contributed by atoms with Crippen LogP contribution in [-0.4, -0.2) is 0 Å². The first-order valence-corrected chi connectivity index (χ1v) is 6.50. The molecule has 4 heteroatoms. The summed E-state index contributed by atoms with van der Waals surface area (Å²) in [6.45, 7) is 1.95. The van der Waals surface area contributed by atoms with Gasteiger partial charge in [-0.05, 0) is 52.7 Å². The summed E-state index contributed by atoms with van der Waals surface area (Å²) in [5, 5.41) is 1.30. The minimum absolute atomic E-state index is 0.612. The topological polar surface area (TPSA) is 9.23 Å². The van der Waals surface area contributed by atoms with E-state index in [0.717, 1.165) is 10.0 Å². The van der Waals surface area contributed by atoms with Crippen LogP contribution in [0.2, 0.25) is 10.0 Å². The van der Waals surface area contributed by atoms with Gasteiger partial charge in [-0.2, -0.15) is 0 Å². The first kappa shape index (κ1) is 12.7. The van der Waals surface area contributed by atoms with Crippen LogP contribution in [-0.2, 0) is 0 Å². The Morgan fingerprint density at radius 1 is 0.941 bits per heavy atom. The zero-order chi connectivity index (χ0) is 12.4. The molecule has 0 bridgehead atoms. The van der Waals surface area contributed by atoms with Gasteiger partial charge in [-0.25, -0.2) is 0 Å². The third-order valence-corrected chi connectivity index (χ3v) is 3.91. The SMILES string of the molecule is Cc1ccc(Oc2ccc(Br)c(Cl)c2)cc1Cl. The van der Waals surface area contributed by atoms with Crippen molar-refractivity contribution in [2.24, 2.45) is 0 Å². The average molecular weight is 332 g/mol. The normalized spacial score (nSPS) is 10.4. The molecule has 0 aliphatic heterocycles. The zero-order valence-electron chi connectivity index (χ0n) is 9.01. The number of ether oxygens (including phenoxy) is 1. The van der Waals surface area contributed by atoms with E-state index in [1.807, 2.05) is 31.2 Å². The lowest BCUT2D eigenvalue weighted by Gasteiger charge is -2.08. The lowest BCUT2D eigenvalue weighted by atomic mass is 10.2. The van der Waals surface area contributed by atoms with Crippen LogP contribution in [0.5, 0.6) is 11.5 Å². The molecule has 0 fully saturated rings. The van der Waals surface area contributed by atoms with E-state index in [9.17, 15) is 0 Å². The molecule has 0 heterocycles. The zero-order valence-corrected chi connectivity index (χ0v) is 12.1. The van der Waals surface area contributed by atoms with Gasteiger partial charge in [0.05, 0.1) is 5.02 Å². The van der Waals surface area contributed by atoms with Crippen molar-refractivity contribution in [2.45, 2.75) is 6.92 Å². The monoisotopic (exact) mass is 330 g/mol. The smallest absolute Gasteiger partial charge is 0.128 e. The van der Waals surface area contributed by atoms with Crippen molar-refractivity contribution in [1.82, 2.24) is 0 Å². The standard InChI is InChI=1S/C13H9BrCl2O/c1-8-2-3-9(6-12(8)15)17-10-4-5-11(14)13(16)7-10/h2-7H,1H3. The van der Waals surface area contributed by atoms with Gasteiger partial charge in [0.2, 0.25) is 0 Å². The van der Waals surface area contributed by atoms with Crippen LogP contribution in [0.15, 0.2) is 40.9 Å². The van der Waals surface area contributed by atoms with E-state index < -0.39 is 0 Å². The minimum Gasteiger partial charge on any atom is -0.457 e. The molecule has 0 spiro atoms. The fourth-order valence-electron chi connectivity index (χ4n) is 1.31. The van der Waals surface area contributed by atoms with E-state index in [2.05, 4.69) is 15.9 Å². The Hall–Kier alpha value is -0.700. The van der Waals surface area contributed by atoms with Gasteiger partial charge in [-0.1, -0.05) is 29.3 Å². The van der Waals surface area contributed by atoms with Crippen LogP contribution >= 0.6 is 39.1 Å². The van der Waals surface area contributed by atoms with E-state index in [1.54, 1.807) is 12.1 Å². The molecular weight excluding hydrogens is 323 g/mol. The Bertz CT molecular complexity index is 506. The molecule has 2 aromatic carbocycles. The lowest BCUT2D eigenvalue weighted by Crippen LogP contribution is -1.85. The average Bonchev–Trinajstić information content (AvgIpc) is 2.29. The first-order valence-electron chi connectivity index (χ1n) is 4.95. The van der Waals surface area contributed by atoms with Crippen molar-refractivity contribution in [3.63, 3.8) is 0 Å². The van der Waals surface area contributed by atoms with Crippen molar-refractivity contribution >= 4 is 39.1 Å². The maximum absolute atomic E-state index is 6.02. The summed E-state index contributed by atoms with van der Waals surface area (Å²) in [5.74, 6) is 1.37. The molecule has 0 amide bonds. The molecule has 0 unspecified atom stereocenters. The second-order valence-electron chi connectivity index (χ2n) is 3.59. The van der Waals surface area contributed by atoms with Crippen LogP contribution in [0, 0.1) is 6.92 Å². The molecule has 0 radical (unpaired) electrons. The van der Waals surface area contributed by atoms with Crippen molar-refractivity contribution in [1.29, 1.82) is 0 Å². The van der Waals surface area contributed by atoms with Crippen molar-refractivity contribution in [2.75, 3.05) is 0 Å². The van der Waals surface area contributed by atoms with Gasteiger partial charge in [-0.3, -0.25) is 0 Å². The Kier molecular flexibility index (Phi) is 3.97. The van der Waals surface area contributed by atoms with E-state index in [1.165, 1.54) is 0 Å². The largest absolute Gasteiger partial charge is 0.457 e. The lowest BCUT2D eigenvalue weighted by molar-refractivity contribution is 0.482. The molecule has 0 aliphatic rings. The molecule has 0 atom stereocenters. The third-order valence-electron chi connectivity index (χ3n) is 2.27. The van der Waals surface area contributed by atoms with Crippen LogP contribution in [0.1, 0.15) is 5.56 Å². The number of hydrogen-bond donors (Lipinski definition) is 0. The number of aryl methyl sites for hydroxylation is 1. The van der Waals surface area contributed by atoms with Gasteiger partial charge in [0.25, 0.3) is 0 Å². The van der Waals surface area contributed by atoms with Gasteiger partial charge < -0.3 is 4.74 Å². The highest BCUT2D eigenvalue weighted by Crippen LogP contribution is 2.31. The molecular formula is C13H9BrCl2O. The van der Waals surface area contributed by atoms with Crippen LogP contribution in [0.25, 0.3) is 0 Å². The highest BCUT2D eigenvalue weighted by Gasteiger charge is 2.03. The minimum atomic E-state index is 0.612. The van der Waals surface area contributed by atoms with E-state index >= 15 is 0 Å². The maximum Gasteiger partial charge on any atom is 0.128 e. The van der Waals surface area contributed by atoms with E-state index in [0.29, 0.717) is 21.5 Å². The summed E-state index contributed by atoms with van der Waals surface area (Å²) < 4.78 is 6.50. The fourth-order valence-corrected chi connectivity index (χ4v) is 1.90. The Balaban J connectivity index is 2.25. The summed E-state index contributed by atoms with van der Waals surface area (Å²) in [6.07, 6.45) is 0. The van der Waals surface area contributed by atoms with Crippen molar-refractivity contribution in [3.05, 3.63) is 56.5 Å². The van der Waals surface area contributed by atoms with Gasteiger partial charge in [0, 0.05) is 15.6 Å². The Morgan fingerprint density at radius 2 is 1.53 bits per heavy atom. The molecule has 0 saturated carbocycles. The van der Waals surface area contributed by atoms with Gasteiger partial charge in [-0.15, -0.1) is 0 Å². The van der Waals surface area contributed by atoms with Gasteiger partial charge in [0.1, 0.15) is 11.5 Å². The predicted octanol–water partition coefficient (Wildman–Crippen LogP) is 5.86. The Labute approximate surface area is 118 Å². The third kappa shape index (κ3) is 3.15. The molecule has 0 aliphatic carbocycles. The van der Waals surface area contributed by atoms with Crippen LogP contribution < -0.4 is 4.74 Å². The van der Waals surface area contributed by atoms with Gasteiger partial charge >= 0.3 is 0 Å². The number of halogens is 3. The summed E-state index contributed by atoms with van der Waals surface area (Å²) in [5.41, 5.74) is 1.02. The molecule has 1 nitrogen and oxygen atoms in total. The quantitative estimate of drug-likeness (QED) is 0.670. The van der Waals surface area contributed by atoms with Gasteiger partial charge in [0.15, 0.2) is 0 Å². The van der Waals surface area contributed by atoms with Crippen molar-refractivity contribution < 1.29 is 4.74 Å². The second-order valence-corrected chi connectivity index (χ2v) is 5.26. The van der Waals surface area contributed by atoms with Crippen LogP contribution in [0.4, 0.5) is 0 Å².